The average molecular weight is 510 g/mol. The van der Waals surface area contributed by atoms with Crippen molar-refractivity contribution in [1.29, 1.82) is 0 Å². The van der Waals surface area contributed by atoms with Gasteiger partial charge < -0.3 is 14.9 Å². The van der Waals surface area contributed by atoms with E-state index in [9.17, 15) is 14.7 Å². The van der Waals surface area contributed by atoms with Crippen LogP contribution in [0.5, 0.6) is 0 Å². The topological polar surface area (TPSA) is 64.1 Å². The highest BCUT2D eigenvalue weighted by Gasteiger charge is 2.42. The van der Waals surface area contributed by atoms with Gasteiger partial charge in [-0.3, -0.25) is 4.90 Å². The zero-order valence-electron chi connectivity index (χ0n) is 22.9. The maximum Gasteiger partial charge on any atom is 0.326 e. The van der Waals surface area contributed by atoms with E-state index in [0.717, 1.165) is 49.1 Å². The molecule has 0 radical (unpaired) electrons. The summed E-state index contributed by atoms with van der Waals surface area (Å²) in [5.74, 6) is 1.73. The molecule has 1 aromatic rings. The number of rotatable bonds is 5. The Balaban J connectivity index is 1.38. The van der Waals surface area contributed by atoms with Crippen LogP contribution in [0.1, 0.15) is 90.4 Å². The van der Waals surface area contributed by atoms with E-state index in [0.29, 0.717) is 25.0 Å². The van der Waals surface area contributed by atoms with E-state index >= 15 is 0 Å². The number of carboxylic acids is 1. The number of fused-ring (bicyclic) bond motifs is 2. The smallest absolute Gasteiger partial charge is 0.326 e. The fraction of sp³-hybridized carbons (Fsp3) is 0.742. The summed E-state index contributed by atoms with van der Waals surface area (Å²) in [4.78, 5) is 32.3. The summed E-state index contributed by atoms with van der Waals surface area (Å²) in [5.41, 5.74) is 0.900. The minimum absolute atomic E-state index is 0.0831. The molecular formula is C31H47N3O3. The molecule has 4 aliphatic rings. The van der Waals surface area contributed by atoms with Gasteiger partial charge in [0.1, 0.15) is 6.04 Å². The van der Waals surface area contributed by atoms with E-state index in [2.05, 4.69) is 18.9 Å². The van der Waals surface area contributed by atoms with Crippen molar-refractivity contribution in [1.82, 2.24) is 9.80 Å². The van der Waals surface area contributed by atoms with Crippen LogP contribution in [0.2, 0.25) is 0 Å². The predicted octanol–water partition coefficient (Wildman–Crippen LogP) is 6.40. The van der Waals surface area contributed by atoms with E-state index in [1.807, 2.05) is 35.2 Å². The predicted molar refractivity (Wildman–Crippen MR) is 148 cm³/mol. The molecule has 3 saturated carbocycles. The van der Waals surface area contributed by atoms with Crippen LogP contribution in [0.4, 0.5) is 10.5 Å². The second kappa shape index (κ2) is 11.8. The van der Waals surface area contributed by atoms with Gasteiger partial charge in [0.15, 0.2) is 0 Å². The first-order chi connectivity index (χ1) is 17.9. The molecule has 7 atom stereocenters. The van der Waals surface area contributed by atoms with Crippen LogP contribution in [0, 0.1) is 17.8 Å². The number of anilines is 1. The molecule has 6 heteroatoms. The number of benzene rings is 1. The number of para-hydroxylation sites is 1. The molecule has 3 aliphatic carbocycles. The minimum Gasteiger partial charge on any atom is -0.480 e. The molecule has 2 bridgehead atoms. The summed E-state index contributed by atoms with van der Waals surface area (Å²) in [5, 5.41) is 9.80. The molecular weight excluding hydrogens is 462 g/mol. The molecule has 1 saturated heterocycles. The summed E-state index contributed by atoms with van der Waals surface area (Å²) in [6, 6.07) is 10.3. The zero-order valence-corrected chi connectivity index (χ0v) is 22.9. The summed E-state index contributed by atoms with van der Waals surface area (Å²) < 4.78 is 0. The van der Waals surface area contributed by atoms with Crippen LogP contribution in [-0.4, -0.2) is 64.7 Å². The van der Waals surface area contributed by atoms with Crippen LogP contribution in [0.3, 0.4) is 0 Å². The largest absolute Gasteiger partial charge is 0.480 e. The highest BCUT2D eigenvalue weighted by molar-refractivity contribution is 5.95. The van der Waals surface area contributed by atoms with Gasteiger partial charge in [0, 0.05) is 30.4 Å². The third-order valence-corrected chi connectivity index (χ3v) is 10.3. The van der Waals surface area contributed by atoms with Crippen molar-refractivity contribution in [2.75, 3.05) is 18.5 Å². The van der Waals surface area contributed by atoms with E-state index in [-0.39, 0.29) is 12.1 Å². The third kappa shape index (κ3) is 5.84. The second-order valence-corrected chi connectivity index (χ2v) is 12.6. The Morgan fingerprint density at radius 1 is 0.838 bits per heavy atom. The molecule has 6 nitrogen and oxygen atoms in total. The van der Waals surface area contributed by atoms with Crippen molar-refractivity contribution >= 4 is 17.7 Å². The van der Waals surface area contributed by atoms with Gasteiger partial charge in [-0.15, -0.1) is 0 Å². The fourth-order valence-corrected chi connectivity index (χ4v) is 8.06. The Morgan fingerprint density at radius 3 is 2.35 bits per heavy atom. The van der Waals surface area contributed by atoms with Crippen molar-refractivity contribution in [2.45, 2.75) is 115 Å². The third-order valence-electron chi connectivity index (χ3n) is 10.3. The van der Waals surface area contributed by atoms with Gasteiger partial charge in [-0.2, -0.15) is 0 Å². The number of nitrogens with zero attached hydrogens (tertiary/aromatic N) is 3. The molecule has 5 rings (SSSR count). The van der Waals surface area contributed by atoms with Crippen molar-refractivity contribution in [2.24, 2.45) is 17.8 Å². The van der Waals surface area contributed by atoms with Crippen LogP contribution < -0.4 is 4.90 Å². The molecule has 1 aromatic carbocycles. The first-order valence-corrected chi connectivity index (χ1v) is 15.0. The molecule has 1 N–H and O–H groups in total. The van der Waals surface area contributed by atoms with E-state index in [4.69, 9.17) is 0 Å². The number of likely N-dealkylation sites (tertiary alicyclic amines) is 1. The number of aliphatic carboxylic acids is 1. The monoisotopic (exact) mass is 509 g/mol. The first kappa shape index (κ1) is 26.5. The van der Waals surface area contributed by atoms with Crippen molar-refractivity contribution in [3.05, 3.63) is 30.3 Å². The highest BCUT2D eigenvalue weighted by Crippen LogP contribution is 2.45. The molecule has 2 amide bonds. The highest BCUT2D eigenvalue weighted by atomic mass is 16.4. The average Bonchev–Trinajstić information content (AvgIpc) is 3.38. The van der Waals surface area contributed by atoms with Crippen molar-refractivity contribution < 1.29 is 14.7 Å². The first-order valence-electron chi connectivity index (χ1n) is 15.0. The number of amides is 2. The number of carboxylic acid groups (broad SMARTS) is 1. The Morgan fingerprint density at radius 2 is 1.59 bits per heavy atom. The standard InChI is InChI=1S/C31H47N3O3/c1-22-15-16-23-18-24(22)20-28(19-23)32(2)26-12-7-4-8-13-27(21-26)34(25-10-5-3-6-11-25)31(37)33-17-9-14-29(33)30(35)36/h3,5-6,10-11,22-24,26-29H,4,7-9,12-21H2,1-2H3,(H,35,36)/t22-,23-,24+,26+,27+,28+,29+/m0/s1. The Kier molecular flexibility index (Phi) is 8.43. The molecule has 4 fully saturated rings. The SMILES string of the molecule is C[C@H]1CC[C@H]2C[C@@H]1C[C@H](N(C)[C@@H]1CCCCC[C@@H](N(C(=O)N3CCC[C@@H]3C(=O)O)c3ccccc3)C1)C2. The number of urea groups is 1. The molecule has 37 heavy (non-hydrogen) atoms. The van der Waals surface area contributed by atoms with Gasteiger partial charge in [-0.25, -0.2) is 9.59 Å². The molecule has 204 valence electrons. The van der Waals surface area contributed by atoms with Crippen LogP contribution in [0.25, 0.3) is 0 Å². The second-order valence-electron chi connectivity index (χ2n) is 12.6. The van der Waals surface area contributed by atoms with Gasteiger partial charge in [-0.05, 0) is 88.3 Å². The summed E-state index contributed by atoms with van der Waals surface area (Å²) in [6.07, 6.45) is 14.9. The lowest BCUT2D eigenvalue weighted by Gasteiger charge is -2.48. The maximum atomic E-state index is 14.1. The number of hydrogen-bond donors (Lipinski definition) is 1. The zero-order chi connectivity index (χ0) is 25.9. The van der Waals surface area contributed by atoms with Crippen LogP contribution in [-0.2, 0) is 4.79 Å². The summed E-state index contributed by atoms with van der Waals surface area (Å²) >= 11 is 0. The molecule has 0 aromatic heterocycles. The molecule has 1 heterocycles. The Hall–Kier alpha value is -2.08. The van der Waals surface area contributed by atoms with Gasteiger partial charge in [0.05, 0.1) is 0 Å². The normalized spacial score (nSPS) is 34.6. The molecule has 0 spiro atoms. The Bertz CT molecular complexity index is 924. The number of hydrogen-bond acceptors (Lipinski definition) is 3. The lowest BCUT2D eigenvalue weighted by molar-refractivity contribution is -0.141. The number of carbonyl (C=O) groups is 2. The van der Waals surface area contributed by atoms with Crippen molar-refractivity contribution in [3.63, 3.8) is 0 Å². The van der Waals surface area contributed by atoms with E-state index in [1.165, 1.54) is 51.4 Å². The lowest BCUT2D eigenvalue weighted by atomic mass is 9.65. The van der Waals surface area contributed by atoms with Gasteiger partial charge >= 0.3 is 12.0 Å². The van der Waals surface area contributed by atoms with Crippen LogP contribution in [0.15, 0.2) is 30.3 Å². The van der Waals surface area contributed by atoms with Gasteiger partial charge in [0.2, 0.25) is 0 Å². The van der Waals surface area contributed by atoms with E-state index < -0.39 is 12.0 Å². The maximum absolute atomic E-state index is 14.1. The molecule has 0 unspecified atom stereocenters. The van der Waals surface area contributed by atoms with Crippen molar-refractivity contribution in [3.8, 4) is 0 Å². The van der Waals surface area contributed by atoms with Gasteiger partial charge in [-0.1, -0.05) is 57.2 Å². The molecule has 1 aliphatic heterocycles. The van der Waals surface area contributed by atoms with Crippen LogP contribution >= 0.6 is 0 Å². The summed E-state index contributed by atoms with van der Waals surface area (Å²) in [6.45, 7) is 2.99. The fourth-order valence-electron chi connectivity index (χ4n) is 8.06. The lowest BCUT2D eigenvalue weighted by Crippen LogP contribution is -2.54. The minimum atomic E-state index is -0.883. The van der Waals surface area contributed by atoms with Gasteiger partial charge in [0.25, 0.3) is 0 Å². The summed E-state index contributed by atoms with van der Waals surface area (Å²) in [7, 11) is 2.36. The number of carbonyl (C=O) groups excluding carboxylic acids is 1. The Labute approximate surface area is 223 Å². The quantitative estimate of drug-likeness (QED) is 0.499. The van der Waals surface area contributed by atoms with E-state index in [1.54, 1.807) is 4.90 Å².